The van der Waals surface area contributed by atoms with E-state index in [1.807, 2.05) is 0 Å². The molecule has 2 atom stereocenters. The molecule has 5 nitrogen and oxygen atoms in total. The van der Waals surface area contributed by atoms with E-state index >= 15 is 0 Å². The Bertz CT molecular complexity index is 340. The Morgan fingerprint density at radius 2 is 2.18 bits per heavy atom. The van der Waals surface area contributed by atoms with Crippen molar-refractivity contribution in [1.82, 2.24) is 19.7 Å². The molecule has 2 unspecified atom stereocenters. The van der Waals surface area contributed by atoms with Gasteiger partial charge in [0, 0.05) is 24.1 Å². The van der Waals surface area contributed by atoms with Crippen LogP contribution >= 0.6 is 11.5 Å². The monoisotopic (exact) mass is 253 g/mol. The summed E-state index contributed by atoms with van der Waals surface area (Å²) in [6.45, 7) is 3.64. The molecular weight excluding hydrogens is 234 g/mol. The third kappa shape index (κ3) is 2.57. The highest BCUT2D eigenvalue weighted by Crippen LogP contribution is 2.30. The smallest absolute Gasteiger partial charge is 0.225 e. The van der Waals surface area contributed by atoms with Gasteiger partial charge in [0.25, 0.3) is 0 Å². The molecule has 1 aromatic heterocycles. The van der Waals surface area contributed by atoms with Crippen LogP contribution in [-0.4, -0.2) is 45.4 Å². The average Bonchev–Trinajstić information content (AvgIpc) is 2.89. The Morgan fingerprint density at radius 3 is 3.06 bits per heavy atom. The fraction of sp³-hybridized carbons (Fsp3) is 0.909. The fourth-order valence-corrected chi connectivity index (χ4v) is 3.61. The van der Waals surface area contributed by atoms with Crippen molar-refractivity contribution in [3.05, 3.63) is 0 Å². The maximum atomic E-state index is 3.94. The van der Waals surface area contributed by atoms with Crippen molar-refractivity contribution in [3.63, 3.8) is 0 Å². The molecule has 2 aliphatic heterocycles. The van der Waals surface area contributed by atoms with Crippen molar-refractivity contribution in [2.45, 2.75) is 38.1 Å². The minimum absolute atomic E-state index is 0.771. The number of piperidine rings is 2. The largest absolute Gasteiger partial charge is 0.359 e. The van der Waals surface area contributed by atoms with Gasteiger partial charge in [0.05, 0.1) is 0 Å². The van der Waals surface area contributed by atoms with Gasteiger partial charge in [0.2, 0.25) is 5.13 Å². The lowest BCUT2D eigenvalue weighted by Crippen LogP contribution is -2.49. The molecule has 1 aromatic rings. The van der Waals surface area contributed by atoms with E-state index in [1.54, 1.807) is 0 Å². The highest BCUT2D eigenvalue weighted by Gasteiger charge is 2.32. The predicted octanol–water partition coefficient (Wildman–Crippen LogP) is 1.61. The summed E-state index contributed by atoms with van der Waals surface area (Å²) in [6, 6.07) is 0.797. The van der Waals surface area contributed by atoms with Gasteiger partial charge in [-0.15, -0.1) is 0 Å². The molecule has 2 fully saturated rings. The van der Waals surface area contributed by atoms with E-state index in [0.29, 0.717) is 0 Å². The summed E-state index contributed by atoms with van der Waals surface area (Å²) in [5.41, 5.74) is 0. The van der Waals surface area contributed by atoms with E-state index in [4.69, 9.17) is 0 Å². The minimum atomic E-state index is 0.771. The third-order valence-corrected chi connectivity index (χ3v) is 4.60. The van der Waals surface area contributed by atoms with E-state index < -0.39 is 0 Å². The number of anilines is 1. The molecule has 3 heterocycles. The zero-order valence-electron chi connectivity index (χ0n) is 10.0. The van der Waals surface area contributed by atoms with E-state index in [2.05, 4.69) is 25.0 Å². The van der Waals surface area contributed by atoms with Gasteiger partial charge in [-0.25, -0.2) is 0 Å². The molecule has 2 aliphatic rings. The molecule has 0 aliphatic carbocycles. The summed E-state index contributed by atoms with van der Waals surface area (Å²) in [5, 5.41) is 11.8. The van der Waals surface area contributed by atoms with Crippen LogP contribution in [0, 0.1) is 5.92 Å². The number of fused-ring (bicyclic) bond motifs is 1. The molecule has 0 bridgehead atoms. The van der Waals surface area contributed by atoms with Crippen molar-refractivity contribution in [2.75, 3.05) is 25.0 Å². The van der Waals surface area contributed by atoms with Crippen molar-refractivity contribution < 1.29 is 0 Å². The van der Waals surface area contributed by atoms with Gasteiger partial charge in [-0.3, -0.25) is 0 Å². The van der Waals surface area contributed by atoms with Crippen LogP contribution in [0.25, 0.3) is 0 Å². The van der Waals surface area contributed by atoms with Crippen LogP contribution in [0.1, 0.15) is 32.1 Å². The van der Waals surface area contributed by atoms with Crippen LogP contribution in [0.4, 0.5) is 5.13 Å². The van der Waals surface area contributed by atoms with Gasteiger partial charge in [-0.05, 0) is 49.9 Å². The molecule has 0 spiro atoms. The predicted molar refractivity (Wildman–Crippen MR) is 68.1 cm³/mol. The van der Waals surface area contributed by atoms with Crippen molar-refractivity contribution in [2.24, 2.45) is 5.92 Å². The van der Waals surface area contributed by atoms with Crippen LogP contribution in [0.2, 0.25) is 0 Å². The van der Waals surface area contributed by atoms with Crippen LogP contribution < -0.4 is 5.32 Å². The number of aromatic nitrogens is 3. The van der Waals surface area contributed by atoms with E-state index in [0.717, 1.165) is 23.6 Å². The highest BCUT2D eigenvalue weighted by atomic mass is 32.1. The van der Waals surface area contributed by atoms with Crippen LogP contribution in [0.3, 0.4) is 0 Å². The number of nitrogens with one attached hydrogen (secondary N) is 1. The Hall–Kier alpha value is -0.750. The minimum Gasteiger partial charge on any atom is -0.359 e. The Labute approximate surface area is 106 Å². The summed E-state index contributed by atoms with van der Waals surface area (Å²) in [5.74, 6) is 0.771. The first kappa shape index (κ1) is 11.3. The molecule has 1 N–H and O–H groups in total. The van der Waals surface area contributed by atoms with E-state index in [1.165, 1.54) is 56.7 Å². The second-order valence-corrected chi connectivity index (χ2v) is 5.78. The molecule has 0 radical (unpaired) electrons. The van der Waals surface area contributed by atoms with E-state index in [9.17, 15) is 0 Å². The summed E-state index contributed by atoms with van der Waals surface area (Å²) < 4.78 is 3.78. The second kappa shape index (κ2) is 5.27. The SMILES string of the molecule is C1CCN2CCCC(CNc3nnns3)C2C1. The van der Waals surface area contributed by atoms with Crippen molar-refractivity contribution in [1.29, 1.82) is 0 Å². The van der Waals surface area contributed by atoms with Crippen LogP contribution in [0.15, 0.2) is 0 Å². The molecule has 3 rings (SSSR count). The zero-order valence-corrected chi connectivity index (χ0v) is 10.8. The van der Waals surface area contributed by atoms with Gasteiger partial charge in [0.1, 0.15) is 0 Å². The van der Waals surface area contributed by atoms with E-state index in [-0.39, 0.29) is 0 Å². The maximum absolute atomic E-state index is 3.94. The standard InChI is InChI=1S/C11H19N5S/c1-2-6-16-7-3-4-9(10(16)5-1)8-12-11-13-14-15-17-11/h9-10H,1-8H2,(H,12,13,15). The summed E-state index contributed by atoms with van der Waals surface area (Å²) in [4.78, 5) is 2.69. The molecule has 0 amide bonds. The van der Waals surface area contributed by atoms with Gasteiger partial charge >= 0.3 is 0 Å². The van der Waals surface area contributed by atoms with Gasteiger partial charge in [-0.2, -0.15) is 0 Å². The Balaban J connectivity index is 1.57. The molecular formula is C11H19N5S. The average molecular weight is 253 g/mol. The number of hydrogen-bond acceptors (Lipinski definition) is 6. The first-order chi connectivity index (χ1) is 8.43. The molecule has 0 aromatic carbocycles. The number of hydrogen-bond donors (Lipinski definition) is 1. The summed E-state index contributed by atoms with van der Waals surface area (Å²) in [6.07, 6.45) is 6.85. The van der Waals surface area contributed by atoms with Crippen LogP contribution in [-0.2, 0) is 0 Å². The third-order valence-electron chi connectivity index (χ3n) is 4.04. The first-order valence-corrected chi connectivity index (χ1v) is 7.34. The maximum Gasteiger partial charge on any atom is 0.225 e. The molecule has 17 heavy (non-hydrogen) atoms. The summed E-state index contributed by atoms with van der Waals surface area (Å²) >= 11 is 1.34. The highest BCUT2D eigenvalue weighted by molar-refractivity contribution is 7.09. The number of rotatable bonds is 3. The molecule has 0 saturated carbocycles. The lowest BCUT2D eigenvalue weighted by Gasteiger charge is -2.44. The zero-order chi connectivity index (χ0) is 11.5. The summed E-state index contributed by atoms with van der Waals surface area (Å²) in [7, 11) is 0. The lowest BCUT2D eigenvalue weighted by molar-refractivity contribution is 0.0649. The van der Waals surface area contributed by atoms with Gasteiger partial charge in [-0.1, -0.05) is 16.0 Å². The fourth-order valence-electron chi connectivity index (χ4n) is 3.24. The molecule has 2 saturated heterocycles. The Kier molecular flexibility index (Phi) is 3.51. The first-order valence-electron chi connectivity index (χ1n) is 6.56. The normalized spacial score (nSPS) is 29.9. The molecule has 94 valence electrons. The lowest BCUT2D eigenvalue weighted by atomic mass is 9.83. The number of nitrogens with zero attached hydrogens (tertiary/aromatic N) is 4. The second-order valence-electron chi connectivity index (χ2n) is 5.05. The van der Waals surface area contributed by atoms with Crippen molar-refractivity contribution >= 4 is 16.7 Å². The van der Waals surface area contributed by atoms with Crippen molar-refractivity contribution in [3.8, 4) is 0 Å². The topological polar surface area (TPSA) is 53.9 Å². The van der Waals surface area contributed by atoms with Crippen LogP contribution in [0.5, 0.6) is 0 Å². The quantitative estimate of drug-likeness (QED) is 0.887. The van der Waals surface area contributed by atoms with Gasteiger partial charge in [0.15, 0.2) is 0 Å². The van der Waals surface area contributed by atoms with Gasteiger partial charge < -0.3 is 10.2 Å². The molecule has 6 heteroatoms. The Morgan fingerprint density at radius 1 is 1.24 bits per heavy atom.